The van der Waals surface area contributed by atoms with Gasteiger partial charge in [0.15, 0.2) is 0 Å². The van der Waals surface area contributed by atoms with E-state index in [1.54, 1.807) is 0 Å². The molecular formula is C23H24N2. The lowest BCUT2D eigenvalue weighted by atomic mass is 9.72. The molecule has 0 N–H and O–H groups in total. The van der Waals surface area contributed by atoms with E-state index in [0.717, 1.165) is 13.0 Å². The van der Waals surface area contributed by atoms with Gasteiger partial charge in [0.1, 0.15) is 0 Å². The van der Waals surface area contributed by atoms with E-state index in [-0.39, 0.29) is 5.41 Å². The third kappa shape index (κ3) is 2.73. The number of para-hydroxylation sites is 1. The molecule has 0 aromatic heterocycles. The summed E-state index contributed by atoms with van der Waals surface area (Å²) in [6, 6.07) is 30.7. The summed E-state index contributed by atoms with van der Waals surface area (Å²) >= 11 is 0. The van der Waals surface area contributed by atoms with Gasteiger partial charge in [0.25, 0.3) is 0 Å². The van der Waals surface area contributed by atoms with Crippen molar-refractivity contribution in [3.8, 4) is 0 Å². The van der Waals surface area contributed by atoms with Crippen molar-refractivity contribution in [3.05, 3.63) is 102 Å². The van der Waals surface area contributed by atoms with Gasteiger partial charge in [-0.3, -0.25) is 0 Å². The van der Waals surface area contributed by atoms with Crippen molar-refractivity contribution in [1.29, 1.82) is 0 Å². The minimum atomic E-state index is -0.0382. The third-order valence-corrected chi connectivity index (χ3v) is 5.28. The Balaban J connectivity index is 1.90. The van der Waals surface area contributed by atoms with Gasteiger partial charge in [0.2, 0.25) is 0 Å². The Morgan fingerprint density at radius 2 is 1.40 bits per heavy atom. The first kappa shape index (κ1) is 15.9. The molecule has 126 valence electrons. The first-order valence-electron chi connectivity index (χ1n) is 8.84. The van der Waals surface area contributed by atoms with Crippen LogP contribution in [0.1, 0.15) is 16.7 Å². The number of anilines is 1. The van der Waals surface area contributed by atoms with Crippen LogP contribution < -0.4 is 5.01 Å². The minimum Gasteiger partial charge on any atom is -0.305 e. The molecule has 0 spiro atoms. The molecule has 4 rings (SSSR count). The summed E-state index contributed by atoms with van der Waals surface area (Å²) in [6.07, 6.45) is 0.999. The van der Waals surface area contributed by atoms with Crippen LogP contribution >= 0.6 is 0 Å². The van der Waals surface area contributed by atoms with E-state index in [1.165, 1.54) is 22.4 Å². The summed E-state index contributed by atoms with van der Waals surface area (Å²) in [4.78, 5) is 0. The molecule has 1 unspecified atom stereocenters. The molecule has 0 fully saturated rings. The lowest BCUT2D eigenvalue weighted by Crippen LogP contribution is -2.42. The fraction of sp³-hybridized carbons (Fsp3) is 0.217. The van der Waals surface area contributed by atoms with Gasteiger partial charge in [-0.1, -0.05) is 78.9 Å². The molecule has 1 atom stereocenters. The molecule has 1 heterocycles. The standard InChI is InChI=1S/C23H24N2/c1-24(2)25-18-23(20-13-7-4-8-14-20,17-19-11-5-3-6-12-19)21-15-9-10-16-22(21)25/h3-16H,17-18H2,1-2H3. The van der Waals surface area contributed by atoms with Gasteiger partial charge in [0.05, 0.1) is 5.69 Å². The second-order valence-electron chi connectivity index (χ2n) is 7.03. The fourth-order valence-corrected chi connectivity index (χ4v) is 4.09. The Morgan fingerprint density at radius 3 is 2.08 bits per heavy atom. The Kier molecular flexibility index (Phi) is 4.06. The topological polar surface area (TPSA) is 6.48 Å². The Hall–Kier alpha value is -2.58. The smallest absolute Gasteiger partial charge is 0.0564 e. The molecule has 3 aromatic carbocycles. The monoisotopic (exact) mass is 328 g/mol. The molecular weight excluding hydrogens is 304 g/mol. The van der Waals surface area contributed by atoms with Crippen molar-refractivity contribution in [2.45, 2.75) is 11.8 Å². The van der Waals surface area contributed by atoms with Crippen molar-refractivity contribution in [3.63, 3.8) is 0 Å². The lowest BCUT2D eigenvalue weighted by molar-refractivity contribution is 0.352. The molecule has 0 bridgehead atoms. The van der Waals surface area contributed by atoms with Gasteiger partial charge in [-0.15, -0.1) is 0 Å². The molecule has 25 heavy (non-hydrogen) atoms. The molecule has 1 aliphatic heterocycles. The van der Waals surface area contributed by atoms with Crippen LogP contribution in [-0.2, 0) is 11.8 Å². The number of hydrogen-bond donors (Lipinski definition) is 0. The minimum absolute atomic E-state index is 0.0382. The Labute approximate surface area is 150 Å². The van der Waals surface area contributed by atoms with Gasteiger partial charge < -0.3 is 5.01 Å². The van der Waals surface area contributed by atoms with Gasteiger partial charge in [-0.25, -0.2) is 5.01 Å². The molecule has 1 aliphatic rings. The van der Waals surface area contributed by atoms with E-state index < -0.39 is 0 Å². The highest BCUT2D eigenvalue weighted by atomic mass is 15.6. The fourth-order valence-electron chi connectivity index (χ4n) is 4.09. The quantitative estimate of drug-likeness (QED) is 0.695. The average molecular weight is 328 g/mol. The summed E-state index contributed by atoms with van der Waals surface area (Å²) in [5, 5.41) is 4.60. The largest absolute Gasteiger partial charge is 0.305 e. The first-order chi connectivity index (χ1) is 12.2. The predicted molar refractivity (Wildman–Crippen MR) is 105 cm³/mol. The van der Waals surface area contributed by atoms with E-state index in [1.807, 2.05) is 0 Å². The van der Waals surface area contributed by atoms with Crippen molar-refractivity contribution >= 4 is 5.69 Å². The summed E-state index contributed by atoms with van der Waals surface area (Å²) in [5.41, 5.74) is 5.45. The first-order valence-corrected chi connectivity index (χ1v) is 8.84. The molecule has 2 nitrogen and oxygen atoms in total. The highest BCUT2D eigenvalue weighted by Crippen LogP contribution is 2.47. The van der Waals surface area contributed by atoms with Crippen molar-refractivity contribution in [2.24, 2.45) is 0 Å². The zero-order chi connectivity index (χ0) is 17.3. The van der Waals surface area contributed by atoms with Crippen LogP contribution in [0.5, 0.6) is 0 Å². The van der Waals surface area contributed by atoms with Crippen LogP contribution in [0.15, 0.2) is 84.9 Å². The Bertz CT molecular complexity index is 842. The zero-order valence-electron chi connectivity index (χ0n) is 14.9. The molecule has 0 saturated carbocycles. The third-order valence-electron chi connectivity index (χ3n) is 5.28. The van der Waals surface area contributed by atoms with Gasteiger partial charge in [-0.2, -0.15) is 0 Å². The van der Waals surface area contributed by atoms with E-state index >= 15 is 0 Å². The molecule has 2 heteroatoms. The van der Waals surface area contributed by atoms with E-state index in [9.17, 15) is 0 Å². The summed E-state index contributed by atoms with van der Waals surface area (Å²) in [7, 11) is 4.25. The Morgan fingerprint density at radius 1 is 0.800 bits per heavy atom. The maximum Gasteiger partial charge on any atom is 0.0564 e. The maximum atomic E-state index is 2.39. The highest BCUT2D eigenvalue weighted by molar-refractivity contribution is 5.66. The second-order valence-corrected chi connectivity index (χ2v) is 7.03. The molecule has 0 radical (unpaired) electrons. The number of rotatable bonds is 4. The summed E-state index contributed by atoms with van der Waals surface area (Å²) < 4.78 is 0. The van der Waals surface area contributed by atoms with Gasteiger partial charge >= 0.3 is 0 Å². The maximum absolute atomic E-state index is 2.39. The van der Waals surface area contributed by atoms with Gasteiger partial charge in [0, 0.05) is 26.1 Å². The van der Waals surface area contributed by atoms with Crippen LogP contribution in [0.4, 0.5) is 5.69 Å². The number of hydrazine groups is 1. The van der Waals surface area contributed by atoms with Crippen LogP contribution in [0.2, 0.25) is 0 Å². The zero-order valence-corrected chi connectivity index (χ0v) is 14.9. The van der Waals surface area contributed by atoms with Crippen LogP contribution in [0.3, 0.4) is 0 Å². The predicted octanol–water partition coefficient (Wildman–Crippen LogP) is 4.51. The van der Waals surface area contributed by atoms with E-state index in [2.05, 4.69) is 109 Å². The van der Waals surface area contributed by atoms with Crippen molar-refractivity contribution in [2.75, 3.05) is 25.6 Å². The second kappa shape index (κ2) is 6.38. The molecule has 0 aliphatic carbocycles. The van der Waals surface area contributed by atoms with Crippen LogP contribution in [-0.4, -0.2) is 25.6 Å². The van der Waals surface area contributed by atoms with E-state index in [4.69, 9.17) is 0 Å². The number of fused-ring (bicyclic) bond motifs is 1. The number of hydrogen-bond acceptors (Lipinski definition) is 2. The number of benzene rings is 3. The van der Waals surface area contributed by atoms with Crippen molar-refractivity contribution in [1.82, 2.24) is 5.01 Å². The molecule has 3 aromatic rings. The molecule has 0 amide bonds. The summed E-state index contributed by atoms with van der Waals surface area (Å²) in [6.45, 7) is 0.957. The van der Waals surface area contributed by atoms with Crippen molar-refractivity contribution < 1.29 is 0 Å². The summed E-state index contributed by atoms with van der Waals surface area (Å²) in [5.74, 6) is 0. The van der Waals surface area contributed by atoms with E-state index in [0.29, 0.717) is 0 Å². The van der Waals surface area contributed by atoms with Gasteiger partial charge in [-0.05, 0) is 29.2 Å². The highest BCUT2D eigenvalue weighted by Gasteiger charge is 2.44. The normalized spacial score (nSPS) is 19.2. The molecule has 0 saturated heterocycles. The average Bonchev–Trinajstić information content (AvgIpc) is 2.99. The SMILES string of the molecule is CN(C)N1CC(Cc2ccccc2)(c2ccccc2)c2ccccc21. The number of nitrogens with zero attached hydrogens (tertiary/aromatic N) is 2. The van der Waals surface area contributed by atoms with Crippen LogP contribution in [0.25, 0.3) is 0 Å². The lowest BCUT2D eigenvalue weighted by Gasteiger charge is -2.33. The van der Waals surface area contributed by atoms with Crippen LogP contribution in [0, 0.1) is 0 Å².